The first-order valence-electron chi connectivity index (χ1n) is 9.81. The molecular formula is C22H25ClFN3O2+2. The second kappa shape index (κ2) is 8.95. The highest BCUT2D eigenvalue weighted by Crippen LogP contribution is 2.22. The zero-order chi connectivity index (χ0) is 20.2. The summed E-state index contributed by atoms with van der Waals surface area (Å²) in [5.41, 5.74) is 1.90. The van der Waals surface area contributed by atoms with E-state index in [9.17, 15) is 4.39 Å². The first-order chi connectivity index (χ1) is 14.1. The summed E-state index contributed by atoms with van der Waals surface area (Å²) in [6.07, 6.45) is 1.77. The number of halogens is 2. The van der Waals surface area contributed by atoms with Crippen LogP contribution in [0.3, 0.4) is 0 Å². The van der Waals surface area contributed by atoms with Crippen molar-refractivity contribution in [2.45, 2.75) is 13.1 Å². The highest BCUT2D eigenvalue weighted by molar-refractivity contribution is 6.30. The Bertz CT molecular complexity index is 953. The number of rotatable bonds is 6. The second-order valence-electron chi connectivity index (χ2n) is 7.43. The summed E-state index contributed by atoms with van der Waals surface area (Å²) in [6.45, 7) is 5.61. The van der Waals surface area contributed by atoms with Gasteiger partial charge in [0.15, 0.2) is 12.3 Å². The highest BCUT2D eigenvalue weighted by Gasteiger charge is 2.25. The van der Waals surface area contributed by atoms with Gasteiger partial charge >= 0.3 is 0 Å². The minimum Gasteiger partial charge on any atom is -0.496 e. The van der Waals surface area contributed by atoms with Crippen molar-refractivity contribution in [2.75, 3.05) is 33.3 Å². The van der Waals surface area contributed by atoms with Gasteiger partial charge in [0.25, 0.3) is 5.89 Å². The third-order valence-electron chi connectivity index (χ3n) is 5.43. The van der Waals surface area contributed by atoms with Gasteiger partial charge in [0.1, 0.15) is 44.3 Å². The molecule has 0 spiro atoms. The van der Waals surface area contributed by atoms with E-state index >= 15 is 0 Å². The van der Waals surface area contributed by atoms with Gasteiger partial charge in [0.2, 0.25) is 0 Å². The van der Waals surface area contributed by atoms with Crippen molar-refractivity contribution in [1.29, 1.82) is 0 Å². The number of nitrogens with one attached hydrogen (secondary N) is 2. The Hall–Kier alpha value is -2.41. The molecule has 0 aliphatic carbocycles. The van der Waals surface area contributed by atoms with Gasteiger partial charge < -0.3 is 19.0 Å². The summed E-state index contributed by atoms with van der Waals surface area (Å²) in [5, 5.41) is 0.703. The Morgan fingerprint density at radius 3 is 2.41 bits per heavy atom. The molecule has 2 heterocycles. The van der Waals surface area contributed by atoms with Crippen LogP contribution in [0, 0.1) is 5.82 Å². The number of hydrogen-bond donors (Lipinski definition) is 2. The SMILES string of the molecule is COc1ccc(F)cc1C[NH+]1CC[NH+](Cc2ncc(-c3ccc(Cl)cc3)o2)CC1. The number of piperazine rings is 1. The maximum Gasteiger partial charge on any atom is 0.250 e. The van der Waals surface area contributed by atoms with Crippen molar-refractivity contribution in [3.8, 4) is 17.1 Å². The van der Waals surface area contributed by atoms with Gasteiger partial charge in [-0.1, -0.05) is 11.6 Å². The van der Waals surface area contributed by atoms with E-state index in [4.69, 9.17) is 20.8 Å². The molecule has 0 saturated carbocycles. The zero-order valence-electron chi connectivity index (χ0n) is 16.4. The molecule has 4 rings (SSSR count). The quantitative estimate of drug-likeness (QED) is 0.640. The Kier molecular flexibility index (Phi) is 6.13. The highest BCUT2D eigenvalue weighted by atomic mass is 35.5. The van der Waals surface area contributed by atoms with Crippen LogP contribution >= 0.6 is 11.6 Å². The van der Waals surface area contributed by atoms with Crippen molar-refractivity contribution < 1.29 is 23.3 Å². The minimum absolute atomic E-state index is 0.218. The number of methoxy groups -OCH3 is 1. The van der Waals surface area contributed by atoms with Crippen molar-refractivity contribution in [2.24, 2.45) is 0 Å². The zero-order valence-corrected chi connectivity index (χ0v) is 17.1. The molecule has 7 heteroatoms. The maximum absolute atomic E-state index is 13.6. The predicted molar refractivity (Wildman–Crippen MR) is 109 cm³/mol. The molecule has 0 amide bonds. The van der Waals surface area contributed by atoms with Gasteiger partial charge in [-0.2, -0.15) is 0 Å². The number of ether oxygens (including phenoxy) is 1. The molecule has 0 unspecified atom stereocenters. The lowest BCUT2D eigenvalue weighted by molar-refractivity contribution is -1.02. The van der Waals surface area contributed by atoms with Crippen LogP contribution in [0.2, 0.25) is 5.02 Å². The van der Waals surface area contributed by atoms with E-state index in [1.165, 1.54) is 15.9 Å². The number of quaternary nitrogens is 2. The molecule has 1 saturated heterocycles. The number of hydrogen-bond acceptors (Lipinski definition) is 3. The van der Waals surface area contributed by atoms with Crippen LogP contribution in [0.5, 0.6) is 5.75 Å². The Balaban J connectivity index is 1.31. The normalized spacial score (nSPS) is 19.3. The molecule has 152 valence electrons. The summed E-state index contributed by atoms with van der Waals surface area (Å²) in [6, 6.07) is 12.3. The average Bonchev–Trinajstić information content (AvgIpc) is 3.19. The number of oxazole rings is 1. The largest absolute Gasteiger partial charge is 0.496 e. The van der Waals surface area contributed by atoms with E-state index in [1.54, 1.807) is 25.4 Å². The number of benzene rings is 2. The number of aromatic nitrogens is 1. The molecule has 1 aliphatic rings. The lowest BCUT2D eigenvalue weighted by atomic mass is 10.1. The van der Waals surface area contributed by atoms with Crippen LogP contribution < -0.4 is 14.5 Å². The lowest BCUT2D eigenvalue weighted by Crippen LogP contribution is -3.27. The molecule has 5 nitrogen and oxygen atoms in total. The lowest BCUT2D eigenvalue weighted by Gasteiger charge is -2.29. The van der Waals surface area contributed by atoms with E-state index in [1.807, 2.05) is 24.3 Å². The van der Waals surface area contributed by atoms with E-state index in [2.05, 4.69) is 4.98 Å². The summed E-state index contributed by atoms with van der Waals surface area (Å²) < 4.78 is 24.9. The molecule has 2 aromatic carbocycles. The Labute approximate surface area is 174 Å². The first-order valence-corrected chi connectivity index (χ1v) is 10.2. The molecule has 0 bridgehead atoms. The fraction of sp³-hybridized carbons (Fsp3) is 0.318. The van der Waals surface area contributed by atoms with Crippen molar-refractivity contribution in [3.05, 3.63) is 71.0 Å². The van der Waals surface area contributed by atoms with Crippen LogP contribution in [-0.4, -0.2) is 38.3 Å². The molecule has 29 heavy (non-hydrogen) atoms. The molecule has 1 aliphatic heterocycles. The van der Waals surface area contributed by atoms with Crippen LogP contribution in [-0.2, 0) is 13.1 Å². The van der Waals surface area contributed by atoms with Gasteiger partial charge in [0, 0.05) is 10.6 Å². The van der Waals surface area contributed by atoms with Crippen LogP contribution in [0.4, 0.5) is 4.39 Å². The first kappa shape index (κ1) is 19.9. The molecule has 1 aromatic heterocycles. The van der Waals surface area contributed by atoms with Crippen LogP contribution in [0.15, 0.2) is 53.1 Å². The average molecular weight is 418 g/mol. The topological polar surface area (TPSA) is 44.1 Å². The van der Waals surface area contributed by atoms with Crippen molar-refractivity contribution in [1.82, 2.24) is 4.98 Å². The van der Waals surface area contributed by atoms with E-state index in [0.717, 1.165) is 67.8 Å². The summed E-state index contributed by atoms with van der Waals surface area (Å²) in [7, 11) is 1.63. The Morgan fingerprint density at radius 2 is 1.72 bits per heavy atom. The standard InChI is InChI=1S/C22H23ClFN3O2/c1-28-20-7-6-19(24)12-17(20)14-26-8-10-27(11-9-26)15-22-25-13-21(29-22)16-2-4-18(23)5-3-16/h2-7,12-13H,8-11,14-15H2,1H3/p+2. The van der Waals surface area contributed by atoms with E-state index < -0.39 is 0 Å². The van der Waals surface area contributed by atoms with Gasteiger partial charge in [-0.3, -0.25) is 0 Å². The second-order valence-corrected chi connectivity index (χ2v) is 7.87. The fourth-order valence-corrected chi connectivity index (χ4v) is 3.94. The molecule has 3 aromatic rings. The monoisotopic (exact) mass is 417 g/mol. The van der Waals surface area contributed by atoms with E-state index in [0.29, 0.717) is 5.02 Å². The van der Waals surface area contributed by atoms with Gasteiger partial charge in [0.05, 0.1) is 18.9 Å². The van der Waals surface area contributed by atoms with Crippen molar-refractivity contribution >= 4 is 11.6 Å². The van der Waals surface area contributed by atoms with E-state index in [-0.39, 0.29) is 5.82 Å². The van der Waals surface area contributed by atoms with Crippen LogP contribution in [0.1, 0.15) is 11.5 Å². The molecule has 2 N–H and O–H groups in total. The van der Waals surface area contributed by atoms with Gasteiger partial charge in [-0.05, 0) is 42.5 Å². The fourth-order valence-electron chi connectivity index (χ4n) is 3.82. The van der Waals surface area contributed by atoms with Crippen LogP contribution in [0.25, 0.3) is 11.3 Å². The summed E-state index contributed by atoms with van der Waals surface area (Å²) in [4.78, 5) is 7.33. The third-order valence-corrected chi connectivity index (χ3v) is 5.68. The summed E-state index contributed by atoms with van der Waals surface area (Å²) in [5.74, 6) is 2.05. The number of nitrogens with zero attached hydrogens (tertiary/aromatic N) is 1. The third kappa shape index (κ3) is 4.96. The maximum atomic E-state index is 13.6. The van der Waals surface area contributed by atoms with Gasteiger partial charge in [-0.15, -0.1) is 0 Å². The minimum atomic E-state index is -0.218. The summed E-state index contributed by atoms with van der Waals surface area (Å²) >= 11 is 5.94. The van der Waals surface area contributed by atoms with Crippen molar-refractivity contribution in [3.63, 3.8) is 0 Å². The molecule has 0 radical (unpaired) electrons. The predicted octanol–water partition coefficient (Wildman–Crippen LogP) is 1.63. The smallest absolute Gasteiger partial charge is 0.250 e. The molecule has 0 atom stereocenters. The molecule has 1 fully saturated rings. The Morgan fingerprint density at radius 1 is 1.03 bits per heavy atom. The molecular weight excluding hydrogens is 393 g/mol. The van der Waals surface area contributed by atoms with Gasteiger partial charge in [-0.25, -0.2) is 9.37 Å².